The van der Waals surface area contributed by atoms with Crippen LogP contribution >= 0.6 is 0 Å². The molecule has 0 bridgehead atoms. The van der Waals surface area contributed by atoms with Crippen molar-refractivity contribution < 1.29 is 17.9 Å². The van der Waals surface area contributed by atoms with Crippen LogP contribution in [0.25, 0.3) is 0 Å². The summed E-state index contributed by atoms with van der Waals surface area (Å²) in [7, 11) is -0.505. The van der Waals surface area contributed by atoms with E-state index in [9.17, 15) is 13.2 Å². The molecular formula is C16H21NO4S. The maximum Gasteiger partial charge on any atom is 0.309 e. The zero-order valence-electron chi connectivity index (χ0n) is 12.9. The molecule has 1 aromatic rings. The topological polar surface area (TPSA) is 63.7 Å². The van der Waals surface area contributed by atoms with Gasteiger partial charge in [-0.25, -0.2) is 12.7 Å². The highest BCUT2D eigenvalue weighted by atomic mass is 32.2. The Balaban J connectivity index is 2.02. The first-order valence-electron chi connectivity index (χ1n) is 7.24. The number of ether oxygens (including phenoxy) is 1. The first-order valence-corrected chi connectivity index (χ1v) is 8.68. The average Bonchev–Trinajstić information content (AvgIpc) is 2.53. The van der Waals surface area contributed by atoms with Gasteiger partial charge in [-0.2, -0.15) is 0 Å². The molecule has 0 saturated carbocycles. The lowest BCUT2D eigenvalue weighted by Gasteiger charge is -2.17. The van der Waals surface area contributed by atoms with Crippen molar-refractivity contribution in [2.45, 2.75) is 30.8 Å². The summed E-state index contributed by atoms with van der Waals surface area (Å²) in [6.07, 6.45) is 6.49. The van der Waals surface area contributed by atoms with Crippen molar-refractivity contribution in [3.63, 3.8) is 0 Å². The fourth-order valence-corrected chi connectivity index (χ4v) is 3.26. The van der Waals surface area contributed by atoms with Gasteiger partial charge < -0.3 is 4.74 Å². The molecule has 1 aliphatic carbocycles. The number of allylic oxidation sites excluding steroid dienone is 2. The number of nitrogens with zero attached hydrogens (tertiary/aromatic N) is 1. The number of benzene rings is 1. The Morgan fingerprint density at radius 2 is 2.09 bits per heavy atom. The molecule has 1 aliphatic rings. The standard InChI is InChI=1S/C16H21NO4S/c1-17(2)22(19,20)15-10-6-7-13(11-15)12-21-16(18)14-8-4-3-5-9-14/h3-4,6-7,10-11,14H,5,8-9,12H2,1-2H3. The Kier molecular flexibility index (Phi) is 5.37. The van der Waals surface area contributed by atoms with Gasteiger partial charge in [0.1, 0.15) is 6.61 Å². The Hall–Kier alpha value is -1.66. The fraction of sp³-hybridized carbons (Fsp3) is 0.438. The third kappa shape index (κ3) is 3.96. The van der Waals surface area contributed by atoms with Crippen LogP contribution < -0.4 is 0 Å². The van der Waals surface area contributed by atoms with Crippen molar-refractivity contribution in [3.05, 3.63) is 42.0 Å². The van der Waals surface area contributed by atoms with Crippen LogP contribution in [0.5, 0.6) is 0 Å². The molecule has 0 heterocycles. The number of rotatable bonds is 5. The monoisotopic (exact) mass is 323 g/mol. The molecule has 0 spiro atoms. The highest BCUT2D eigenvalue weighted by Gasteiger charge is 2.21. The summed E-state index contributed by atoms with van der Waals surface area (Å²) < 4.78 is 30.6. The molecule has 5 nitrogen and oxygen atoms in total. The molecule has 1 atom stereocenters. The van der Waals surface area contributed by atoms with Crippen molar-refractivity contribution in [3.8, 4) is 0 Å². The summed E-state index contributed by atoms with van der Waals surface area (Å²) in [5, 5.41) is 0. The number of carbonyl (C=O) groups is 1. The normalized spacial score (nSPS) is 18.4. The van der Waals surface area contributed by atoms with Gasteiger partial charge in [0.2, 0.25) is 10.0 Å². The highest BCUT2D eigenvalue weighted by Crippen LogP contribution is 2.21. The van der Waals surface area contributed by atoms with Gasteiger partial charge in [-0.05, 0) is 37.0 Å². The molecule has 2 rings (SSSR count). The molecule has 1 aromatic carbocycles. The number of hydrogen-bond acceptors (Lipinski definition) is 4. The fourth-order valence-electron chi connectivity index (χ4n) is 2.29. The second-order valence-corrected chi connectivity index (χ2v) is 7.68. The van der Waals surface area contributed by atoms with Gasteiger partial charge >= 0.3 is 5.97 Å². The van der Waals surface area contributed by atoms with Crippen LogP contribution in [0.15, 0.2) is 41.3 Å². The van der Waals surface area contributed by atoms with Gasteiger partial charge in [0.15, 0.2) is 0 Å². The third-order valence-electron chi connectivity index (χ3n) is 3.66. The predicted molar refractivity (Wildman–Crippen MR) is 83.6 cm³/mol. The number of hydrogen-bond donors (Lipinski definition) is 0. The van der Waals surface area contributed by atoms with E-state index >= 15 is 0 Å². The Labute approximate surface area is 131 Å². The molecule has 6 heteroatoms. The molecule has 0 amide bonds. The number of carbonyl (C=O) groups excluding carboxylic acids is 1. The predicted octanol–water partition coefficient (Wildman–Crippen LogP) is 2.34. The number of sulfonamides is 1. The SMILES string of the molecule is CN(C)S(=O)(=O)c1cccc(COC(=O)C2CC=CCC2)c1. The minimum atomic E-state index is -3.47. The molecule has 0 fully saturated rings. The van der Waals surface area contributed by atoms with E-state index in [1.54, 1.807) is 18.2 Å². The molecule has 0 aliphatic heterocycles. The molecule has 1 unspecified atom stereocenters. The number of esters is 1. The minimum Gasteiger partial charge on any atom is -0.461 e. The van der Waals surface area contributed by atoms with Gasteiger partial charge in [-0.1, -0.05) is 24.3 Å². The molecule has 0 aromatic heterocycles. The van der Waals surface area contributed by atoms with E-state index in [1.165, 1.54) is 20.2 Å². The van der Waals surface area contributed by atoms with Crippen molar-refractivity contribution in [2.24, 2.45) is 5.92 Å². The first-order chi connectivity index (χ1) is 10.4. The van der Waals surface area contributed by atoms with E-state index < -0.39 is 10.0 Å². The Morgan fingerprint density at radius 1 is 1.32 bits per heavy atom. The quantitative estimate of drug-likeness (QED) is 0.616. The average molecular weight is 323 g/mol. The molecule has 120 valence electrons. The smallest absolute Gasteiger partial charge is 0.309 e. The van der Waals surface area contributed by atoms with Gasteiger partial charge in [0.05, 0.1) is 10.8 Å². The second-order valence-electron chi connectivity index (χ2n) is 5.52. The van der Waals surface area contributed by atoms with Crippen LogP contribution in [0.2, 0.25) is 0 Å². The van der Waals surface area contributed by atoms with Gasteiger partial charge in [0.25, 0.3) is 0 Å². The summed E-state index contributed by atoms with van der Waals surface area (Å²) in [5.74, 6) is -0.302. The molecule has 0 saturated heterocycles. The molecular weight excluding hydrogens is 302 g/mol. The van der Waals surface area contributed by atoms with Crippen LogP contribution in [0.3, 0.4) is 0 Å². The van der Waals surface area contributed by atoms with Gasteiger partial charge in [0, 0.05) is 14.1 Å². The summed E-state index contributed by atoms with van der Waals surface area (Å²) in [5.41, 5.74) is 0.669. The molecule has 0 N–H and O–H groups in total. The lowest BCUT2D eigenvalue weighted by Crippen LogP contribution is -2.22. The third-order valence-corrected chi connectivity index (χ3v) is 5.47. The van der Waals surface area contributed by atoms with Crippen LogP contribution in [-0.2, 0) is 26.2 Å². The van der Waals surface area contributed by atoms with E-state index in [1.807, 2.05) is 6.08 Å². The van der Waals surface area contributed by atoms with E-state index in [-0.39, 0.29) is 23.4 Å². The van der Waals surface area contributed by atoms with E-state index in [0.29, 0.717) is 12.0 Å². The van der Waals surface area contributed by atoms with Crippen LogP contribution in [0, 0.1) is 5.92 Å². The van der Waals surface area contributed by atoms with Crippen molar-refractivity contribution in [2.75, 3.05) is 14.1 Å². The summed E-state index contributed by atoms with van der Waals surface area (Å²) in [4.78, 5) is 12.2. The van der Waals surface area contributed by atoms with Gasteiger partial charge in [-0.3, -0.25) is 4.79 Å². The van der Waals surface area contributed by atoms with E-state index in [4.69, 9.17) is 4.74 Å². The summed E-state index contributed by atoms with van der Waals surface area (Å²) in [6.45, 7) is 0.0931. The molecule has 22 heavy (non-hydrogen) atoms. The Bertz CT molecular complexity index is 664. The zero-order valence-corrected chi connectivity index (χ0v) is 13.7. The lowest BCUT2D eigenvalue weighted by molar-refractivity contribution is -0.150. The Morgan fingerprint density at radius 3 is 2.73 bits per heavy atom. The van der Waals surface area contributed by atoms with Crippen LogP contribution in [0.1, 0.15) is 24.8 Å². The van der Waals surface area contributed by atoms with Crippen LogP contribution in [-0.4, -0.2) is 32.8 Å². The summed E-state index contributed by atoms with van der Waals surface area (Å²) >= 11 is 0. The van der Waals surface area contributed by atoms with E-state index in [0.717, 1.165) is 17.1 Å². The molecule has 0 radical (unpaired) electrons. The maximum absolute atomic E-state index is 12.1. The van der Waals surface area contributed by atoms with Crippen molar-refractivity contribution >= 4 is 16.0 Å². The first kappa shape index (κ1) is 16.7. The van der Waals surface area contributed by atoms with Gasteiger partial charge in [-0.15, -0.1) is 0 Å². The minimum absolute atomic E-state index is 0.0845. The lowest BCUT2D eigenvalue weighted by atomic mass is 9.95. The zero-order chi connectivity index (χ0) is 16.2. The summed E-state index contributed by atoms with van der Waals surface area (Å²) in [6, 6.07) is 6.49. The maximum atomic E-state index is 12.1. The van der Waals surface area contributed by atoms with Crippen LogP contribution in [0.4, 0.5) is 0 Å². The van der Waals surface area contributed by atoms with E-state index in [2.05, 4.69) is 6.08 Å². The highest BCUT2D eigenvalue weighted by molar-refractivity contribution is 7.89. The van der Waals surface area contributed by atoms with Crippen molar-refractivity contribution in [1.82, 2.24) is 4.31 Å². The largest absolute Gasteiger partial charge is 0.461 e. The second kappa shape index (κ2) is 7.07. The van der Waals surface area contributed by atoms with Crippen molar-refractivity contribution in [1.29, 1.82) is 0 Å².